The van der Waals surface area contributed by atoms with Crippen molar-refractivity contribution < 1.29 is 9.90 Å². The number of carbonyl (C=O) groups is 1. The van der Waals surface area contributed by atoms with Crippen LogP contribution in [-0.4, -0.2) is 35.6 Å². The fraction of sp³-hybridized carbons (Fsp3) is 0.909. The molecule has 0 aromatic carbocycles. The number of carboxylic acids is 1. The largest absolute Gasteiger partial charge is 0.481 e. The molecule has 3 nitrogen and oxygen atoms in total. The van der Waals surface area contributed by atoms with Crippen molar-refractivity contribution in [1.82, 2.24) is 4.90 Å². The standard InChI is InChI=1S/C11H19NO2/c13-10(14)11(5-2-1-3-6-11)9-12-7-4-8-12/h1-9H2,(H,13,14). The molecule has 1 heterocycles. The predicted octanol–water partition coefficient (Wildman–Crippen LogP) is 1.73. The number of nitrogens with zero attached hydrogens (tertiary/aromatic N) is 1. The van der Waals surface area contributed by atoms with E-state index in [4.69, 9.17) is 0 Å². The van der Waals surface area contributed by atoms with Gasteiger partial charge in [-0.15, -0.1) is 0 Å². The zero-order valence-electron chi connectivity index (χ0n) is 8.67. The van der Waals surface area contributed by atoms with Gasteiger partial charge in [0.2, 0.25) is 0 Å². The highest BCUT2D eigenvalue weighted by Gasteiger charge is 2.41. The monoisotopic (exact) mass is 197 g/mol. The van der Waals surface area contributed by atoms with Crippen LogP contribution in [0.25, 0.3) is 0 Å². The van der Waals surface area contributed by atoms with Crippen LogP contribution in [0.4, 0.5) is 0 Å². The molecule has 0 amide bonds. The van der Waals surface area contributed by atoms with Gasteiger partial charge in [-0.05, 0) is 32.4 Å². The molecule has 1 saturated carbocycles. The van der Waals surface area contributed by atoms with Crippen LogP contribution >= 0.6 is 0 Å². The van der Waals surface area contributed by atoms with Crippen LogP contribution in [0.2, 0.25) is 0 Å². The highest BCUT2D eigenvalue weighted by atomic mass is 16.4. The molecule has 0 aromatic rings. The lowest BCUT2D eigenvalue weighted by molar-refractivity contribution is -0.153. The Morgan fingerprint density at radius 2 is 1.79 bits per heavy atom. The van der Waals surface area contributed by atoms with Crippen molar-refractivity contribution in [2.45, 2.75) is 38.5 Å². The Bertz CT molecular complexity index is 217. The molecule has 0 spiro atoms. The van der Waals surface area contributed by atoms with E-state index in [0.29, 0.717) is 0 Å². The summed E-state index contributed by atoms with van der Waals surface area (Å²) in [5.74, 6) is -0.566. The molecule has 0 aromatic heterocycles. The van der Waals surface area contributed by atoms with Crippen LogP contribution < -0.4 is 0 Å². The van der Waals surface area contributed by atoms with E-state index >= 15 is 0 Å². The summed E-state index contributed by atoms with van der Waals surface area (Å²) >= 11 is 0. The minimum atomic E-state index is -0.566. The molecular weight excluding hydrogens is 178 g/mol. The third-order valence-electron chi connectivity index (χ3n) is 3.74. The Hall–Kier alpha value is -0.570. The summed E-state index contributed by atoms with van der Waals surface area (Å²) in [7, 11) is 0. The van der Waals surface area contributed by atoms with Crippen LogP contribution in [0.1, 0.15) is 38.5 Å². The van der Waals surface area contributed by atoms with Crippen molar-refractivity contribution >= 4 is 5.97 Å². The second-order valence-corrected chi connectivity index (χ2v) is 4.78. The van der Waals surface area contributed by atoms with Crippen LogP contribution in [-0.2, 0) is 4.79 Å². The Labute approximate surface area is 85.1 Å². The van der Waals surface area contributed by atoms with E-state index in [0.717, 1.165) is 45.3 Å². The van der Waals surface area contributed by atoms with Gasteiger partial charge in [0, 0.05) is 6.54 Å². The molecule has 0 radical (unpaired) electrons. The summed E-state index contributed by atoms with van der Waals surface area (Å²) in [6.07, 6.45) is 6.43. The van der Waals surface area contributed by atoms with Gasteiger partial charge in [-0.1, -0.05) is 19.3 Å². The fourth-order valence-electron chi connectivity index (χ4n) is 2.64. The van der Waals surface area contributed by atoms with Gasteiger partial charge in [-0.2, -0.15) is 0 Å². The average Bonchev–Trinajstić information content (AvgIpc) is 2.13. The molecule has 1 N–H and O–H groups in total. The summed E-state index contributed by atoms with van der Waals surface area (Å²) in [5.41, 5.74) is -0.404. The molecule has 3 heteroatoms. The molecule has 0 bridgehead atoms. The Balaban J connectivity index is 2.00. The van der Waals surface area contributed by atoms with E-state index in [1.807, 2.05) is 0 Å². The predicted molar refractivity (Wildman–Crippen MR) is 54.2 cm³/mol. The van der Waals surface area contributed by atoms with Crippen molar-refractivity contribution in [3.05, 3.63) is 0 Å². The molecular formula is C11H19NO2. The first-order chi connectivity index (χ1) is 6.73. The summed E-state index contributed by atoms with van der Waals surface area (Å²) in [6.45, 7) is 3.01. The average molecular weight is 197 g/mol. The van der Waals surface area contributed by atoms with Gasteiger partial charge in [0.05, 0.1) is 5.41 Å². The molecule has 1 saturated heterocycles. The van der Waals surface area contributed by atoms with E-state index in [1.165, 1.54) is 12.8 Å². The van der Waals surface area contributed by atoms with Crippen molar-refractivity contribution in [3.63, 3.8) is 0 Å². The summed E-state index contributed by atoms with van der Waals surface area (Å²) in [5, 5.41) is 9.33. The van der Waals surface area contributed by atoms with Gasteiger partial charge in [-0.25, -0.2) is 0 Å². The van der Waals surface area contributed by atoms with Crippen molar-refractivity contribution in [2.24, 2.45) is 5.41 Å². The van der Waals surface area contributed by atoms with Crippen LogP contribution in [0.5, 0.6) is 0 Å². The normalized spacial score (nSPS) is 26.9. The van der Waals surface area contributed by atoms with E-state index in [9.17, 15) is 9.90 Å². The lowest BCUT2D eigenvalue weighted by Crippen LogP contribution is -2.49. The summed E-state index contributed by atoms with van der Waals surface area (Å²) in [6, 6.07) is 0. The lowest BCUT2D eigenvalue weighted by atomic mass is 9.73. The molecule has 0 unspecified atom stereocenters. The molecule has 1 aliphatic heterocycles. The van der Waals surface area contributed by atoms with E-state index < -0.39 is 11.4 Å². The van der Waals surface area contributed by atoms with Gasteiger partial charge < -0.3 is 10.0 Å². The zero-order valence-corrected chi connectivity index (χ0v) is 8.67. The lowest BCUT2D eigenvalue weighted by Gasteiger charge is -2.41. The molecule has 1 aliphatic carbocycles. The first kappa shape index (κ1) is 9.97. The molecule has 2 rings (SSSR count). The molecule has 2 aliphatic rings. The van der Waals surface area contributed by atoms with Gasteiger partial charge in [-0.3, -0.25) is 4.79 Å². The summed E-state index contributed by atoms with van der Waals surface area (Å²) < 4.78 is 0. The Morgan fingerprint density at radius 1 is 1.14 bits per heavy atom. The highest BCUT2D eigenvalue weighted by Crippen LogP contribution is 2.38. The van der Waals surface area contributed by atoms with E-state index in [-0.39, 0.29) is 0 Å². The maximum Gasteiger partial charge on any atom is 0.310 e. The maximum absolute atomic E-state index is 11.3. The Kier molecular flexibility index (Phi) is 2.77. The quantitative estimate of drug-likeness (QED) is 0.749. The van der Waals surface area contributed by atoms with Crippen molar-refractivity contribution in [3.8, 4) is 0 Å². The van der Waals surface area contributed by atoms with Gasteiger partial charge in [0.15, 0.2) is 0 Å². The third kappa shape index (κ3) is 1.78. The topological polar surface area (TPSA) is 40.5 Å². The smallest absolute Gasteiger partial charge is 0.310 e. The number of carboxylic acid groups (broad SMARTS) is 1. The van der Waals surface area contributed by atoms with Crippen molar-refractivity contribution in [2.75, 3.05) is 19.6 Å². The second kappa shape index (κ2) is 3.89. The van der Waals surface area contributed by atoms with Gasteiger partial charge >= 0.3 is 5.97 Å². The molecule has 0 atom stereocenters. The number of rotatable bonds is 3. The minimum absolute atomic E-state index is 0.404. The first-order valence-corrected chi connectivity index (χ1v) is 5.69. The Morgan fingerprint density at radius 3 is 2.21 bits per heavy atom. The first-order valence-electron chi connectivity index (χ1n) is 5.69. The fourth-order valence-corrected chi connectivity index (χ4v) is 2.64. The van der Waals surface area contributed by atoms with Crippen LogP contribution in [0.15, 0.2) is 0 Å². The van der Waals surface area contributed by atoms with E-state index in [1.54, 1.807) is 0 Å². The minimum Gasteiger partial charge on any atom is -0.481 e. The van der Waals surface area contributed by atoms with Gasteiger partial charge in [0.25, 0.3) is 0 Å². The maximum atomic E-state index is 11.3. The number of likely N-dealkylation sites (tertiary alicyclic amines) is 1. The molecule has 2 fully saturated rings. The van der Waals surface area contributed by atoms with E-state index in [2.05, 4.69) is 4.90 Å². The number of aliphatic carboxylic acids is 1. The third-order valence-corrected chi connectivity index (χ3v) is 3.74. The second-order valence-electron chi connectivity index (χ2n) is 4.78. The van der Waals surface area contributed by atoms with Crippen molar-refractivity contribution in [1.29, 1.82) is 0 Å². The molecule has 14 heavy (non-hydrogen) atoms. The van der Waals surface area contributed by atoms with Crippen LogP contribution in [0, 0.1) is 5.41 Å². The van der Waals surface area contributed by atoms with Gasteiger partial charge in [0.1, 0.15) is 0 Å². The zero-order chi connectivity index (χ0) is 10.0. The van der Waals surface area contributed by atoms with Crippen LogP contribution in [0.3, 0.4) is 0 Å². The summed E-state index contributed by atoms with van der Waals surface area (Å²) in [4.78, 5) is 13.6. The highest BCUT2D eigenvalue weighted by molar-refractivity contribution is 5.75. The molecule has 80 valence electrons. The number of hydrogen-bond donors (Lipinski definition) is 1. The SMILES string of the molecule is O=C(O)C1(CN2CCC2)CCCCC1. The number of hydrogen-bond acceptors (Lipinski definition) is 2.